The molecule has 0 radical (unpaired) electrons. The fourth-order valence-electron chi connectivity index (χ4n) is 3.31. The van der Waals surface area contributed by atoms with E-state index in [1.54, 1.807) is 0 Å². The van der Waals surface area contributed by atoms with E-state index in [0.717, 1.165) is 38.4 Å². The lowest BCUT2D eigenvalue weighted by molar-refractivity contribution is -0.137. The Morgan fingerprint density at radius 2 is 1.96 bits per heavy atom. The summed E-state index contributed by atoms with van der Waals surface area (Å²) in [4.78, 5) is 26.5. The van der Waals surface area contributed by atoms with Crippen LogP contribution in [0.15, 0.2) is 18.2 Å². The maximum atomic E-state index is 13.1. The summed E-state index contributed by atoms with van der Waals surface area (Å²) >= 11 is 5.67. The van der Waals surface area contributed by atoms with Crippen LogP contribution in [0.4, 0.5) is 10.1 Å². The lowest BCUT2D eigenvalue weighted by Gasteiger charge is -2.51. The van der Waals surface area contributed by atoms with E-state index in [9.17, 15) is 14.0 Å². The first-order valence-corrected chi connectivity index (χ1v) is 8.75. The highest BCUT2D eigenvalue weighted by molar-refractivity contribution is 6.39. The minimum absolute atomic E-state index is 0.0705. The fourth-order valence-corrected chi connectivity index (χ4v) is 3.49. The molecule has 2 N–H and O–H groups in total. The van der Waals surface area contributed by atoms with Crippen molar-refractivity contribution in [2.24, 2.45) is 0 Å². The number of amides is 2. The molecule has 0 bridgehead atoms. The summed E-state index contributed by atoms with van der Waals surface area (Å²) in [6, 6.07) is 3.76. The highest BCUT2D eigenvalue weighted by Crippen LogP contribution is 2.37. The summed E-state index contributed by atoms with van der Waals surface area (Å²) in [5.74, 6) is -2.08. The Bertz CT molecular complexity index is 661. The van der Waals surface area contributed by atoms with E-state index in [4.69, 9.17) is 16.3 Å². The molecule has 1 aromatic carbocycles. The Morgan fingerprint density at radius 1 is 1.24 bits per heavy atom. The Morgan fingerprint density at radius 3 is 2.56 bits per heavy atom. The quantitative estimate of drug-likeness (QED) is 0.794. The van der Waals surface area contributed by atoms with Gasteiger partial charge in [0.1, 0.15) is 5.82 Å². The van der Waals surface area contributed by atoms with E-state index in [-0.39, 0.29) is 16.2 Å². The molecule has 3 rings (SSSR count). The summed E-state index contributed by atoms with van der Waals surface area (Å²) < 4.78 is 18.5. The highest BCUT2D eigenvalue weighted by Gasteiger charge is 2.43. The molecule has 2 fully saturated rings. The molecule has 136 valence electrons. The Kier molecular flexibility index (Phi) is 5.56. The normalized spacial score (nSPS) is 19.8. The van der Waals surface area contributed by atoms with Crippen molar-refractivity contribution < 1.29 is 18.7 Å². The van der Waals surface area contributed by atoms with Gasteiger partial charge in [0.25, 0.3) is 0 Å². The van der Waals surface area contributed by atoms with Gasteiger partial charge in [-0.25, -0.2) is 4.39 Å². The van der Waals surface area contributed by atoms with Crippen LogP contribution >= 0.6 is 11.6 Å². The average Bonchev–Trinajstić information content (AvgIpc) is 2.58. The molecule has 0 spiro atoms. The Hall–Kier alpha value is -1.70. The van der Waals surface area contributed by atoms with Crippen molar-refractivity contribution in [2.45, 2.75) is 24.8 Å². The number of nitrogens with one attached hydrogen (secondary N) is 2. The molecule has 1 aliphatic heterocycles. The lowest BCUT2D eigenvalue weighted by atomic mass is 9.75. The van der Waals surface area contributed by atoms with Crippen LogP contribution in [0.5, 0.6) is 0 Å². The molecule has 1 saturated carbocycles. The maximum absolute atomic E-state index is 13.1. The van der Waals surface area contributed by atoms with E-state index in [1.165, 1.54) is 12.1 Å². The maximum Gasteiger partial charge on any atom is 0.313 e. The molecule has 8 heteroatoms. The first-order chi connectivity index (χ1) is 12.0. The number of nitrogens with zero attached hydrogens (tertiary/aromatic N) is 1. The van der Waals surface area contributed by atoms with Gasteiger partial charge in [-0.05, 0) is 37.5 Å². The molecule has 2 amide bonds. The number of morpholine rings is 1. The van der Waals surface area contributed by atoms with E-state index in [2.05, 4.69) is 15.5 Å². The van der Waals surface area contributed by atoms with Crippen molar-refractivity contribution in [3.8, 4) is 0 Å². The third-order valence-electron chi connectivity index (χ3n) is 4.93. The number of benzene rings is 1. The summed E-state index contributed by atoms with van der Waals surface area (Å²) in [6.45, 7) is 3.51. The van der Waals surface area contributed by atoms with Gasteiger partial charge >= 0.3 is 11.8 Å². The van der Waals surface area contributed by atoms with Crippen molar-refractivity contribution in [3.05, 3.63) is 29.0 Å². The number of ether oxygens (including phenoxy) is 1. The van der Waals surface area contributed by atoms with Crippen LogP contribution in [0.25, 0.3) is 0 Å². The molecule has 1 saturated heterocycles. The van der Waals surface area contributed by atoms with Gasteiger partial charge in [0.2, 0.25) is 0 Å². The van der Waals surface area contributed by atoms with Crippen molar-refractivity contribution >= 4 is 29.1 Å². The minimum Gasteiger partial charge on any atom is -0.379 e. The molecule has 0 atom stereocenters. The van der Waals surface area contributed by atoms with E-state index < -0.39 is 17.6 Å². The Balaban J connectivity index is 1.54. The first kappa shape index (κ1) is 18.1. The van der Waals surface area contributed by atoms with E-state index in [1.807, 2.05) is 0 Å². The standard InChI is InChI=1S/C17H21ClFN3O3/c18-13-10-12(2-3-14(13)19)21-16(24)15(23)20-11-17(4-1-5-17)22-6-8-25-9-7-22/h2-3,10H,1,4-9,11H2,(H,20,23)(H,21,24). The smallest absolute Gasteiger partial charge is 0.313 e. The van der Waals surface area contributed by atoms with Gasteiger partial charge in [0, 0.05) is 30.9 Å². The van der Waals surface area contributed by atoms with Gasteiger partial charge in [-0.15, -0.1) is 0 Å². The molecule has 1 aromatic rings. The number of hydrogen-bond donors (Lipinski definition) is 2. The number of halogens is 2. The topological polar surface area (TPSA) is 70.7 Å². The lowest BCUT2D eigenvalue weighted by Crippen LogP contribution is -2.63. The molecular weight excluding hydrogens is 349 g/mol. The third kappa shape index (κ3) is 4.11. The predicted molar refractivity (Wildman–Crippen MR) is 92.0 cm³/mol. The van der Waals surface area contributed by atoms with Crippen LogP contribution in [-0.4, -0.2) is 55.1 Å². The van der Waals surface area contributed by atoms with Crippen LogP contribution < -0.4 is 10.6 Å². The van der Waals surface area contributed by atoms with Gasteiger partial charge < -0.3 is 15.4 Å². The zero-order chi connectivity index (χ0) is 17.9. The molecule has 1 aliphatic carbocycles. The van der Waals surface area contributed by atoms with E-state index in [0.29, 0.717) is 19.8 Å². The molecular formula is C17H21ClFN3O3. The van der Waals surface area contributed by atoms with E-state index >= 15 is 0 Å². The molecule has 2 aliphatic rings. The zero-order valence-corrected chi connectivity index (χ0v) is 14.6. The summed E-state index contributed by atoms with van der Waals surface area (Å²) in [6.07, 6.45) is 3.12. The van der Waals surface area contributed by atoms with Crippen molar-refractivity contribution in [3.63, 3.8) is 0 Å². The second-order valence-corrected chi connectivity index (χ2v) is 6.85. The fraction of sp³-hybridized carbons (Fsp3) is 0.529. The number of rotatable bonds is 4. The van der Waals surface area contributed by atoms with Crippen LogP contribution in [0.3, 0.4) is 0 Å². The predicted octanol–water partition coefficient (Wildman–Crippen LogP) is 1.79. The number of carbonyl (C=O) groups is 2. The molecule has 25 heavy (non-hydrogen) atoms. The minimum atomic E-state index is -0.792. The second kappa shape index (κ2) is 7.68. The zero-order valence-electron chi connectivity index (χ0n) is 13.8. The molecule has 6 nitrogen and oxygen atoms in total. The van der Waals surface area contributed by atoms with Gasteiger partial charge in [0.05, 0.1) is 18.2 Å². The number of anilines is 1. The SMILES string of the molecule is O=C(NCC1(N2CCOCC2)CCC1)C(=O)Nc1ccc(F)c(Cl)c1. The summed E-state index contributed by atoms with van der Waals surface area (Å²) in [7, 11) is 0. The molecule has 1 heterocycles. The van der Waals surface area contributed by atoms with Crippen molar-refractivity contribution in [2.75, 3.05) is 38.2 Å². The largest absolute Gasteiger partial charge is 0.379 e. The number of hydrogen-bond acceptors (Lipinski definition) is 4. The molecule has 0 aromatic heterocycles. The van der Waals surface area contributed by atoms with Gasteiger partial charge in [0.15, 0.2) is 0 Å². The van der Waals surface area contributed by atoms with Crippen molar-refractivity contribution in [1.29, 1.82) is 0 Å². The third-order valence-corrected chi connectivity index (χ3v) is 5.22. The average molecular weight is 370 g/mol. The van der Waals surface area contributed by atoms with Crippen LogP contribution in [0.1, 0.15) is 19.3 Å². The summed E-state index contributed by atoms with van der Waals surface area (Å²) in [5, 5.41) is 5.04. The first-order valence-electron chi connectivity index (χ1n) is 8.37. The van der Waals surface area contributed by atoms with Crippen LogP contribution in [-0.2, 0) is 14.3 Å². The number of carbonyl (C=O) groups excluding carboxylic acids is 2. The Labute approximate surface area is 150 Å². The van der Waals surface area contributed by atoms with Crippen molar-refractivity contribution in [1.82, 2.24) is 10.2 Å². The van der Waals surface area contributed by atoms with Crippen LogP contribution in [0, 0.1) is 5.82 Å². The summed E-state index contributed by atoms with van der Waals surface area (Å²) in [5.41, 5.74) is 0.205. The van der Waals surface area contributed by atoms with Crippen LogP contribution in [0.2, 0.25) is 5.02 Å². The van der Waals surface area contributed by atoms with Gasteiger partial charge in [-0.3, -0.25) is 14.5 Å². The second-order valence-electron chi connectivity index (χ2n) is 6.44. The van der Waals surface area contributed by atoms with Gasteiger partial charge in [-0.2, -0.15) is 0 Å². The van der Waals surface area contributed by atoms with Gasteiger partial charge in [-0.1, -0.05) is 11.6 Å². The molecule has 0 unspecified atom stereocenters. The highest BCUT2D eigenvalue weighted by atomic mass is 35.5. The monoisotopic (exact) mass is 369 g/mol.